The van der Waals surface area contributed by atoms with Crippen molar-refractivity contribution in [2.45, 2.75) is 19.9 Å². The summed E-state index contributed by atoms with van der Waals surface area (Å²) in [4.78, 5) is 8.13. The Morgan fingerprint density at radius 2 is 2.25 bits per heavy atom. The molecule has 0 aromatic carbocycles. The molecule has 2 aromatic rings. The molecule has 4 nitrogen and oxygen atoms in total. The van der Waals surface area contributed by atoms with Gasteiger partial charge in [0.2, 0.25) is 0 Å². The predicted octanol–water partition coefficient (Wildman–Crippen LogP) is 2.60. The smallest absolute Gasteiger partial charge is 0.134 e. The zero-order valence-electron chi connectivity index (χ0n) is 9.27. The first-order valence-electron chi connectivity index (χ1n) is 5.04. The number of nitrogen functional groups attached to an aromatic ring is 1. The van der Waals surface area contributed by atoms with Crippen molar-refractivity contribution in [1.82, 2.24) is 9.97 Å². The van der Waals surface area contributed by atoms with E-state index in [-0.39, 0.29) is 6.04 Å². The number of nitrogens with zero attached hydrogens (tertiary/aromatic N) is 2. The quantitative estimate of drug-likeness (QED) is 0.856. The summed E-state index contributed by atoms with van der Waals surface area (Å²) in [6, 6.07) is 2.32. The van der Waals surface area contributed by atoms with Crippen LogP contribution in [0.5, 0.6) is 0 Å². The average Bonchev–Trinajstić information content (AvgIpc) is 2.78. The maximum Gasteiger partial charge on any atom is 0.134 e. The van der Waals surface area contributed by atoms with Crippen molar-refractivity contribution in [3.05, 3.63) is 34.3 Å². The maximum absolute atomic E-state index is 5.73. The van der Waals surface area contributed by atoms with Crippen LogP contribution in [0.4, 0.5) is 11.6 Å². The summed E-state index contributed by atoms with van der Waals surface area (Å²) in [6.45, 7) is 4.01. The minimum absolute atomic E-state index is 0.222. The summed E-state index contributed by atoms with van der Waals surface area (Å²) < 4.78 is 0. The Labute approximate surface area is 98.6 Å². The second-order valence-electron chi connectivity index (χ2n) is 3.66. The fourth-order valence-corrected chi connectivity index (χ4v) is 2.17. The first-order valence-corrected chi connectivity index (χ1v) is 5.98. The third kappa shape index (κ3) is 2.14. The first kappa shape index (κ1) is 10.9. The van der Waals surface area contributed by atoms with E-state index in [0.717, 1.165) is 11.4 Å². The van der Waals surface area contributed by atoms with E-state index in [1.165, 1.54) is 11.9 Å². The molecule has 1 atom stereocenters. The lowest BCUT2D eigenvalue weighted by atomic mass is 10.2. The normalized spacial score (nSPS) is 12.4. The SMILES string of the molecule is Cc1c(N)ncnc1NC(C)c1ccsc1. The molecule has 2 aromatic heterocycles. The van der Waals surface area contributed by atoms with Crippen molar-refractivity contribution < 1.29 is 0 Å². The fourth-order valence-electron chi connectivity index (χ4n) is 1.42. The first-order chi connectivity index (χ1) is 7.68. The van der Waals surface area contributed by atoms with Crippen molar-refractivity contribution in [2.75, 3.05) is 11.1 Å². The molecule has 0 saturated carbocycles. The van der Waals surface area contributed by atoms with Gasteiger partial charge in [0.1, 0.15) is 18.0 Å². The Kier molecular flexibility index (Phi) is 3.05. The minimum Gasteiger partial charge on any atom is -0.383 e. The highest BCUT2D eigenvalue weighted by atomic mass is 32.1. The molecule has 1 unspecified atom stereocenters. The van der Waals surface area contributed by atoms with Gasteiger partial charge in [0.15, 0.2) is 0 Å². The van der Waals surface area contributed by atoms with Crippen LogP contribution in [0.3, 0.4) is 0 Å². The molecule has 84 valence electrons. The van der Waals surface area contributed by atoms with Gasteiger partial charge in [-0.25, -0.2) is 9.97 Å². The van der Waals surface area contributed by atoms with Crippen molar-refractivity contribution in [3.63, 3.8) is 0 Å². The lowest BCUT2D eigenvalue weighted by Crippen LogP contribution is -2.10. The summed E-state index contributed by atoms with van der Waals surface area (Å²) in [7, 11) is 0. The third-order valence-corrected chi connectivity index (χ3v) is 3.22. The average molecular weight is 234 g/mol. The molecular formula is C11H14N4S. The van der Waals surface area contributed by atoms with Gasteiger partial charge in [0, 0.05) is 5.56 Å². The van der Waals surface area contributed by atoms with Gasteiger partial charge >= 0.3 is 0 Å². The maximum atomic E-state index is 5.73. The lowest BCUT2D eigenvalue weighted by molar-refractivity contribution is 0.874. The van der Waals surface area contributed by atoms with Crippen LogP contribution < -0.4 is 11.1 Å². The molecule has 0 saturated heterocycles. The second kappa shape index (κ2) is 4.49. The summed E-state index contributed by atoms with van der Waals surface area (Å²) >= 11 is 1.69. The molecule has 0 aliphatic carbocycles. The van der Waals surface area contributed by atoms with Crippen LogP contribution in [-0.4, -0.2) is 9.97 Å². The van der Waals surface area contributed by atoms with E-state index >= 15 is 0 Å². The highest BCUT2D eigenvalue weighted by Gasteiger charge is 2.09. The van der Waals surface area contributed by atoms with Gasteiger partial charge in [-0.15, -0.1) is 0 Å². The minimum atomic E-state index is 0.222. The van der Waals surface area contributed by atoms with E-state index in [4.69, 9.17) is 5.73 Å². The largest absolute Gasteiger partial charge is 0.383 e. The number of hydrogen-bond acceptors (Lipinski definition) is 5. The van der Waals surface area contributed by atoms with E-state index in [0.29, 0.717) is 5.82 Å². The van der Waals surface area contributed by atoms with E-state index < -0.39 is 0 Å². The summed E-state index contributed by atoms with van der Waals surface area (Å²) in [5.74, 6) is 1.32. The van der Waals surface area contributed by atoms with Crippen LogP contribution >= 0.6 is 11.3 Å². The molecule has 0 bridgehead atoms. The van der Waals surface area contributed by atoms with Gasteiger partial charge in [-0.1, -0.05) is 0 Å². The van der Waals surface area contributed by atoms with Crippen LogP contribution in [-0.2, 0) is 0 Å². The van der Waals surface area contributed by atoms with Crippen molar-refractivity contribution in [3.8, 4) is 0 Å². The Morgan fingerprint density at radius 1 is 1.44 bits per heavy atom. The molecule has 5 heteroatoms. The Balaban J connectivity index is 2.18. The predicted molar refractivity (Wildman–Crippen MR) is 67.5 cm³/mol. The molecule has 0 radical (unpaired) electrons. The van der Waals surface area contributed by atoms with Crippen LogP contribution in [0.2, 0.25) is 0 Å². The van der Waals surface area contributed by atoms with Crippen LogP contribution in [0, 0.1) is 6.92 Å². The summed E-state index contributed by atoms with van der Waals surface area (Å²) in [6.07, 6.45) is 1.48. The Hall–Kier alpha value is -1.62. The number of nitrogens with two attached hydrogens (primary N) is 1. The number of anilines is 2. The number of rotatable bonds is 3. The monoisotopic (exact) mass is 234 g/mol. The van der Waals surface area contributed by atoms with Gasteiger partial charge < -0.3 is 11.1 Å². The van der Waals surface area contributed by atoms with Crippen molar-refractivity contribution >= 4 is 23.0 Å². The van der Waals surface area contributed by atoms with Gasteiger partial charge in [-0.3, -0.25) is 0 Å². The van der Waals surface area contributed by atoms with Crippen LogP contribution in [0.1, 0.15) is 24.1 Å². The Morgan fingerprint density at radius 3 is 2.94 bits per heavy atom. The molecule has 0 aliphatic rings. The van der Waals surface area contributed by atoms with Crippen molar-refractivity contribution in [2.24, 2.45) is 0 Å². The van der Waals surface area contributed by atoms with E-state index in [2.05, 4.69) is 39.0 Å². The summed E-state index contributed by atoms with van der Waals surface area (Å²) in [5, 5.41) is 7.52. The third-order valence-electron chi connectivity index (χ3n) is 2.52. The van der Waals surface area contributed by atoms with E-state index in [9.17, 15) is 0 Å². The molecule has 0 fully saturated rings. The number of aromatic nitrogens is 2. The molecular weight excluding hydrogens is 220 g/mol. The topological polar surface area (TPSA) is 63.8 Å². The number of hydrogen-bond donors (Lipinski definition) is 2. The molecule has 0 spiro atoms. The highest BCUT2D eigenvalue weighted by Crippen LogP contribution is 2.23. The molecule has 16 heavy (non-hydrogen) atoms. The van der Waals surface area contributed by atoms with E-state index in [1.54, 1.807) is 11.3 Å². The summed E-state index contributed by atoms with van der Waals surface area (Å²) in [5.41, 5.74) is 7.87. The Bertz CT molecular complexity index is 467. The number of thiophene rings is 1. The van der Waals surface area contributed by atoms with E-state index in [1.807, 2.05) is 6.92 Å². The lowest BCUT2D eigenvalue weighted by Gasteiger charge is -2.15. The van der Waals surface area contributed by atoms with Crippen molar-refractivity contribution in [1.29, 1.82) is 0 Å². The zero-order valence-corrected chi connectivity index (χ0v) is 10.1. The van der Waals surface area contributed by atoms with Gasteiger partial charge in [-0.05, 0) is 36.2 Å². The van der Waals surface area contributed by atoms with Crippen LogP contribution in [0.25, 0.3) is 0 Å². The van der Waals surface area contributed by atoms with Gasteiger partial charge in [-0.2, -0.15) is 11.3 Å². The molecule has 0 amide bonds. The van der Waals surface area contributed by atoms with Gasteiger partial charge in [0.25, 0.3) is 0 Å². The molecule has 2 heterocycles. The fraction of sp³-hybridized carbons (Fsp3) is 0.273. The molecule has 3 N–H and O–H groups in total. The molecule has 0 aliphatic heterocycles. The number of nitrogens with one attached hydrogen (secondary N) is 1. The highest BCUT2D eigenvalue weighted by molar-refractivity contribution is 7.07. The second-order valence-corrected chi connectivity index (χ2v) is 4.44. The zero-order chi connectivity index (χ0) is 11.5. The van der Waals surface area contributed by atoms with Crippen LogP contribution in [0.15, 0.2) is 23.2 Å². The van der Waals surface area contributed by atoms with Gasteiger partial charge in [0.05, 0.1) is 6.04 Å². The standard InChI is InChI=1S/C11H14N4S/c1-7-10(12)13-6-14-11(7)15-8(2)9-3-4-16-5-9/h3-6,8H,1-2H3,(H3,12,13,14,15). The molecule has 2 rings (SSSR count).